The third-order valence-corrected chi connectivity index (χ3v) is 4.27. The Kier molecular flexibility index (Phi) is 4.19. The Hall–Kier alpha value is -2.56. The fraction of sp³-hybridized carbons (Fsp3) is 0.333. The van der Waals surface area contributed by atoms with Crippen LogP contribution in [0.1, 0.15) is 34.5 Å². The van der Waals surface area contributed by atoms with E-state index in [9.17, 15) is 9.59 Å². The van der Waals surface area contributed by atoms with Crippen LogP contribution in [0.25, 0.3) is 0 Å². The van der Waals surface area contributed by atoms with Crippen LogP contribution >= 0.6 is 0 Å². The molecule has 120 valence electrons. The molecule has 0 fully saturated rings. The van der Waals surface area contributed by atoms with Crippen molar-refractivity contribution in [3.63, 3.8) is 0 Å². The van der Waals surface area contributed by atoms with E-state index >= 15 is 0 Å². The van der Waals surface area contributed by atoms with Gasteiger partial charge in [0.1, 0.15) is 11.3 Å². The number of rotatable bonds is 3. The van der Waals surface area contributed by atoms with Gasteiger partial charge in [0, 0.05) is 24.0 Å². The van der Waals surface area contributed by atoms with Gasteiger partial charge in [0.05, 0.1) is 7.11 Å². The van der Waals surface area contributed by atoms with Gasteiger partial charge in [0.25, 0.3) is 11.5 Å². The molecule has 1 aromatic carbocycles. The smallest absolute Gasteiger partial charge is 0.261 e. The van der Waals surface area contributed by atoms with Crippen LogP contribution < -0.4 is 15.6 Å². The third kappa shape index (κ3) is 2.86. The minimum absolute atomic E-state index is 0.107. The fourth-order valence-corrected chi connectivity index (χ4v) is 3.04. The minimum Gasteiger partial charge on any atom is -0.496 e. The summed E-state index contributed by atoms with van der Waals surface area (Å²) in [6.45, 7) is 2.60. The summed E-state index contributed by atoms with van der Waals surface area (Å²) in [5, 5.41) is 2.94. The number of methoxy groups -OCH3 is 1. The first-order valence-electron chi connectivity index (χ1n) is 7.79. The van der Waals surface area contributed by atoms with Gasteiger partial charge in [-0.1, -0.05) is 18.2 Å². The SMILES string of the molecule is COc1cc(=O)n2c(c1C(=O)Nc1ccccc1C)CCCC2. The number of amides is 1. The van der Waals surface area contributed by atoms with E-state index in [2.05, 4.69) is 5.32 Å². The second kappa shape index (κ2) is 6.28. The molecule has 2 heterocycles. The Bertz CT molecular complexity index is 808. The highest BCUT2D eigenvalue weighted by Gasteiger charge is 2.24. The maximum absolute atomic E-state index is 12.8. The molecule has 0 spiro atoms. The molecule has 0 bridgehead atoms. The van der Waals surface area contributed by atoms with Gasteiger partial charge < -0.3 is 14.6 Å². The summed E-state index contributed by atoms with van der Waals surface area (Å²) in [5.41, 5.74) is 2.88. The number of benzene rings is 1. The molecule has 0 atom stereocenters. The molecule has 1 aromatic heterocycles. The first-order chi connectivity index (χ1) is 11.1. The number of pyridine rings is 1. The number of nitrogens with one attached hydrogen (secondary N) is 1. The quantitative estimate of drug-likeness (QED) is 0.948. The van der Waals surface area contributed by atoms with Gasteiger partial charge >= 0.3 is 0 Å². The Balaban J connectivity index is 2.06. The summed E-state index contributed by atoms with van der Waals surface area (Å²) in [4.78, 5) is 25.0. The Labute approximate surface area is 134 Å². The van der Waals surface area contributed by atoms with Crippen LogP contribution in [0.2, 0.25) is 0 Å². The van der Waals surface area contributed by atoms with Crippen molar-refractivity contribution >= 4 is 11.6 Å². The molecule has 1 aliphatic heterocycles. The first kappa shape index (κ1) is 15.3. The minimum atomic E-state index is -0.234. The van der Waals surface area contributed by atoms with Crippen LogP contribution in [0, 0.1) is 6.92 Å². The zero-order valence-corrected chi connectivity index (χ0v) is 13.4. The molecular formula is C18H20N2O3. The number of hydrogen-bond donors (Lipinski definition) is 1. The van der Waals surface area contributed by atoms with Crippen molar-refractivity contribution in [2.45, 2.75) is 32.7 Å². The molecule has 0 saturated carbocycles. The molecule has 1 N–H and O–H groups in total. The van der Waals surface area contributed by atoms with Crippen LogP contribution in [-0.2, 0) is 13.0 Å². The second-order valence-electron chi connectivity index (χ2n) is 5.75. The summed E-state index contributed by atoms with van der Waals surface area (Å²) in [6, 6.07) is 9.01. The summed E-state index contributed by atoms with van der Waals surface area (Å²) in [6.07, 6.45) is 2.64. The Morgan fingerprint density at radius 3 is 2.78 bits per heavy atom. The molecular weight excluding hydrogens is 292 g/mol. The lowest BCUT2D eigenvalue weighted by Gasteiger charge is -2.22. The molecule has 0 unspecified atom stereocenters. The Morgan fingerprint density at radius 1 is 1.26 bits per heavy atom. The predicted octanol–water partition coefficient (Wildman–Crippen LogP) is 2.75. The Morgan fingerprint density at radius 2 is 2.04 bits per heavy atom. The molecule has 0 saturated heterocycles. The topological polar surface area (TPSA) is 60.3 Å². The largest absolute Gasteiger partial charge is 0.496 e. The van der Waals surface area contributed by atoms with Crippen LogP contribution in [0.15, 0.2) is 35.1 Å². The van der Waals surface area contributed by atoms with E-state index in [1.165, 1.54) is 13.2 Å². The average Bonchev–Trinajstić information content (AvgIpc) is 2.56. The lowest BCUT2D eigenvalue weighted by atomic mass is 10.0. The van der Waals surface area contributed by atoms with Crippen molar-refractivity contribution in [3.8, 4) is 5.75 Å². The van der Waals surface area contributed by atoms with Crippen molar-refractivity contribution in [3.05, 3.63) is 57.5 Å². The van der Waals surface area contributed by atoms with E-state index in [0.717, 1.165) is 29.8 Å². The number of aromatic nitrogens is 1. The summed E-state index contributed by atoms with van der Waals surface area (Å²) in [5.74, 6) is 0.107. The van der Waals surface area contributed by atoms with Crippen LogP contribution in [0.4, 0.5) is 5.69 Å². The van der Waals surface area contributed by atoms with Crippen LogP contribution in [0.3, 0.4) is 0 Å². The molecule has 1 aliphatic rings. The van der Waals surface area contributed by atoms with E-state index in [1.807, 2.05) is 31.2 Å². The second-order valence-corrected chi connectivity index (χ2v) is 5.75. The lowest BCUT2D eigenvalue weighted by molar-refractivity contribution is 0.102. The zero-order valence-electron chi connectivity index (χ0n) is 13.4. The van der Waals surface area contributed by atoms with Crippen LogP contribution in [-0.4, -0.2) is 17.6 Å². The molecule has 5 nitrogen and oxygen atoms in total. The number of aryl methyl sites for hydroxylation is 1. The van der Waals surface area contributed by atoms with E-state index in [4.69, 9.17) is 4.74 Å². The summed E-state index contributed by atoms with van der Waals surface area (Å²) < 4.78 is 7.00. The number of anilines is 1. The maximum atomic E-state index is 12.8. The number of fused-ring (bicyclic) bond motifs is 1. The number of carbonyl (C=O) groups excluding carboxylic acids is 1. The average molecular weight is 312 g/mol. The van der Waals surface area contributed by atoms with Crippen molar-refractivity contribution in [2.75, 3.05) is 12.4 Å². The van der Waals surface area contributed by atoms with Gasteiger partial charge in [-0.15, -0.1) is 0 Å². The van der Waals surface area contributed by atoms with Crippen LogP contribution in [0.5, 0.6) is 5.75 Å². The van der Waals surface area contributed by atoms with E-state index in [0.29, 0.717) is 24.3 Å². The normalized spacial score (nSPS) is 13.3. The van der Waals surface area contributed by atoms with Gasteiger partial charge in [-0.2, -0.15) is 0 Å². The van der Waals surface area contributed by atoms with E-state index < -0.39 is 0 Å². The molecule has 23 heavy (non-hydrogen) atoms. The number of hydrogen-bond acceptors (Lipinski definition) is 3. The number of para-hydroxylation sites is 1. The van der Waals surface area contributed by atoms with Gasteiger partial charge in [0.2, 0.25) is 0 Å². The molecule has 0 radical (unpaired) electrons. The lowest BCUT2D eigenvalue weighted by Crippen LogP contribution is -2.30. The monoisotopic (exact) mass is 312 g/mol. The van der Waals surface area contributed by atoms with Crippen molar-refractivity contribution in [2.24, 2.45) is 0 Å². The van der Waals surface area contributed by atoms with E-state index in [1.54, 1.807) is 4.57 Å². The standard InChI is InChI=1S/C18H20N2O3/c1-12-7-3-4-8-13(12)19-18(22)17-14-9-5-6-10-20(14)16(21)11-15(17)23-2/h3-4,7-8,11H,5-6,9-10H2,1-2H3,(H,19,22). The van der Waals surface area contributed by atoms with Gasteiger partial charge in [-0.25, -0.2) is 0 Å². The molecule has 5 heteroatoms. The van der Waals surface area contributed by atoms with E-state index in [-0.39, 0.29) is 11.5 Å². The molecule has 1 amide bonds. The number of ether oxygens (including phenoxy) is 1. The van der Waals surface area contributed by atoms with Gasteiger partial charge in [-0.3, -0.25) is 9.59 Å². The van der Waals surface area contributed by atoms with Gasteiger partial charge in [0.15, 0.2) is 0 Å². The molecule has 0 aliphatic carbocycles. The highest BCUT2D eigenvalue weighted by Crippen LogP contribution is 2.26. The molecule has 3 rings (SSSR count). The van der Waals surface area contributed by atoms with Crippen molar-refractivity contribution < 1.29 is 9.53 Å². The van der Waals surface area contributed by atoms with Crippen molar-refractivity contribution in [1.82, 2.24) is 4.57 Å². The fourth-order valence-electron chi connectivity index (χ4n) is 3.04. The van der Waals surface area contributed by atoms with Gasteiger partial charge in [-0.05, 0) is 37.8 Å². The maximum Gasteiger partial charge on any atom is 0.261 e. The highest BCUT2D eigenvalue weighted by molar-refractivity contribution is 6.07. The third-order valence-electron chi connectivity index (χ3n) is 4.27. The van der Waals surface area contributed by atoms with Crippen molar-refractivity contribution in [1.29, 1.82) is 0 Å². The zero-order chi connectivity index (χ0) is 16.4. The summed E-state index contributed by atoms with van der Waals surface area (Å²) >= 11 is 0. The highest BCUT2D eigenvalue weighted by atomic mass is 16.5. The number of nitrogens with zero attached hydrogens (tertiary/aromatic N) is 1. The first-order valence-corrected chi connectivity index (χ1v) is 7.79. The number of carbonyl (C=O) groups is 1. The summed E-state index contributed by atoms with van der Waals surface area (Å²) in [7, 11) is 1.49. The predicted molar refractivity (Wildman–Crippen MR) is 89.3 cm³/mol. The molecule has 2 aromatic rings.